The second-order valence-corrected chi connectivity index (χ2v) is 3.80. The Hall–Kier alpha value is -2.18. The predicted molar refractivity (Wildman–Crippen MR) is 63.0 cm³/mol. The molecule has 1 aromatic heterocycles. The zero-order valence-electron chi connectivity index (χ0n) is 10.00. The van der Waals surface area contributed by atoms with Crippen molar-refractivity contribution in [1.82, 2.24) is 14.9 Å². The van der Waals surface area contributed by atoms with Crippen LogP contribution >= 0.6 is 0 Å². The van der Waals surface area contributed by atoms with Gasteiger partial charge in [0.25, 0.3) is 0 Å². The Balaban J connectivity index is 2.58. The van der Waals surface area contributed by atoms with Crippen molar-refractivity contribution in [3.05, 3.63) is 28.9 Å². The summed E-state index contributed by atoms with van der Waals surface area (Å²) in [6, 6.07) is 1.12. The minimum Gasteiger partial charge on any atom is -0.481 e. The van der Waals surface area contributed by atoms with Gasteiger partial charge in [-0.15, -0.1) is 0 Å². The second kappa shape index (κ2) is 6.53. The van der Waals surface area contributed by atoms with Crippen molar-refractivity contribution in [1.29, 1.82) is 0 Å². The van der Waals surface area contributed by atoms with Crippen molar-refractivity contribution < 1.29 is 14.7 Å². The third kappa shape index (κ3) is 4.36. The molecule has 0 aromatic carbocycles. The van der Waals surface area contributed by atoms with Crippen molar-refractivity contribution >= 4 is 11.9 Å². The summed E-state index contributed by atoms with van der Waals surface area (Å²) in [4.78, 5) is 36.9. The molecule has 1 unspecified atom stereocenters. The lowest BCUT2D eigenvalue weighted by atomic mass is 10.1. The van der Waals surface area contributed by atoms with E-state index in [4.69, 9.17) is 5.11 Å². The summed E-state index contributed by atoms with van der Waals surface area (Å²) in [5, 5.41) is 11.2. The minimum atomic E-state index is -0.972. The fourth-order valence-corrected chi connectivity index (χ4v) is 1.44. The van der Waals surface area contributed by atoms with E-state index in [-0.39, 0.29) is 13.0 Å². The first-order valence-electron chi connectivity index (χ1n) is 5.55. The van der Waals surface area contributed by atoms with E-state index in [0.717, 1.165) is 4.57 Å². The highest BCUT2D eigenvalue weighted by Crippen LogP contribution is 1.97. The first kappa shape index (κ1) is 13.9. The van der Waals surface area contributed by atoms with Gasteiger partial charge in [-0.3, -0.25) is 14.2 Å². The molecule has 0 aliphatic carbocycles. The number of nitrogens with zero attached hydrogens (tertiary/aromatic N) is 2. The molecule has 7 nitrogen and oxygen atoms in total. The smallest absolute Gasteiger partial charge is 0.347 e. The van der Waals surface area contributed by atoms with Crippen LogP contribution in [0.15, 0.2) is 23.3 Å². The van der Waals surface area contributed by atoms with Crippen molar-refractivity contribution in [3.63, 3.8) is 0 Å². The van der Waals surface area contributed by atoms with Gasteiger partial charge in [0.15, 0.2) is 0 Å². The molecule has 0 bridgehead atoms. The predicted octanol–water partition coefficient (Wildman–Crippen LogP) is -0.387. The van der Waals surface area contributed by atoms with E-state index < -0.39 is 23.6 Å². The Kier molecular flexibility index (Phi) is 5.04. The van der Waals surface area contributed by atoms with E-state index in [1.807, 2.05) is 0 Å². The molecule has 1 rings (SSSR count). The number of nitrogens with one attached hydrogen (secondary N) is 1. The van der Waals surface area contributed by atoms with Gasteiger partial charge in [0, 0.05) is 18.4 Å². The highest BCUT2D eigenvalue weighted by atomic mass is 16.4. The molecule has 18 heavy (non-hydrogen) atoms. The summed E-state index contributed by atoms with van der Waals surface area (Å²) in [6.45, 7) is 1.62. The molecule has 0 aliphatic heterocycles. The lowest BCUT2D eigenvalue weighted by Crippen LogP contribution is -2.39. The van der Waals surface area contributed by atoms with Crippen LogP contribution in [0.5, 0.6) is 0 Å². The van der Waals surface area contributed by atoms with Crippen molar-refractivity contribution in [3.8, 4) is 0 Å². The highest BCUT2D eigenvalue weighted by Gasteiger charge is 2.14. The van der Waals surface area contributed by atoms with Crippen molar-refractivity contribution in [2.75, 3.05) is 0 Å². The number of aromatic nitrogens is 2. The lowest BCUT2D eigenvalue weighted by Gasteiger charge is -2.15. The number of aliphatic carboxylic acids is 1. The van der Waals surface area contributed by atoms with E-state index in [0.29, 0.717) is 6.42 Å². The summed E-state index contributed by atoms with van der Waals surface area (Å²) in [7, 11) is 0. The van der Waals surface area contributed by atoms with Crippen LogP contribution in [-0.2, 0) is 16.1 Å². The Bertz CT molecular complexity index is 483. The van der Waals surface area contributed by atoms with E-state index in [1.54, 1.807) is 13.0 Å². The summed E-state index contributed by atoms with van der Waals surface area (Å²) in [5.74, 6) is -1.38. The zero-order chi connectivity index (χ0) is 13.5. The summed E-state index contributed by atoms with van der Waals surface area (Å²) in [5.41, 5.74) is -0.515. The fraction of sp³-hybridized carbons (Fsp3) is 0.455. The van der Waals surface area contributed by atoms with E-state index >= 15 is 0 Å². The third-order valence-corrected chi connectivity index (χ3v) is 2.38. The van der Waals surface area contributed by atoms with Gasteiger partial charge < -0.3 is 10.4 Å². The molecule has 1 aromatic rings. The Morgan fingerprint density at radius 3 is 2.83 bits per heavy atom. The molecular weight excluding hydrogens is 238 g/mol. The molecule has 2 N–H and O–H groups in total. The van der Waals surface area contributed by atoms with Crippen LogP contribution < -0.4 is 11.0 Å². The second-order valence-electron chi connectivity index (χ2n) is 3.80. The molecule has 0 spiro atoms. The number of carbonyl (C=O) groups is 2. The highest BCUT2D eigenvalue weighted by molar-refractivity contribution is 5.77. The number of carboxylic acid groups (broad SMARTS) is 1. The standard InChI is InChI=1S/C11H15N3O4/c1-2-8(6-10(16)17)13-9(15)7-14-5-3-4-12-11(14)18/h3-5,8H,2,6-7H2,1H3,(H,13,15)(H,16,17). The van der Waals surface area contributed by atoms with Gasteiger partial charge in [0.05, 0.1) is 6.42 Å². The quantitative estimate of drug-likeness (QED) is 0.719. The van der Waals surface area contributed by atoms with Crippen molar-refractivity contribution in [2.24, 2.45) is 0 Å². The van der Waals surface area contributed by atoms with Crippen molar-refractivity contribution in [2.45, 2.75) is 32.4 Å². The van der Waals surface area contributed by atoms with Gasteiger partial charge in [-0.2, -0.15) is 0 Å². The van der Waals surface area contributed by atoms with Gasteiger partial charge in [-0.1, -0.05) is 6.92 Å². The van der Waals surface area contributed by atoms with Gasteiger partial charge in [-0.25, -0.2) is 9.78 Å². The maximum Gasteiger partial charge on any atom is 0.347 e. The lowest BCUT2D eigenvalue weighted by molar-refractivity contribution is -0.137. The van der Waals surface area contributed by atoms with Gasteiger partial charge in [0.1, 0.15) is 6.54 Å². The fourth-order valence-electron chi connectivity index (χ4n) is 1.44. The van der Waals surface area contributed by atoms with Gasteiger partial charge in [0.2, 0.25) is 5.91 Å². The monoisotopic (exact) mass is 253 g/mol. The van der Waals surface area contributed by atoms with Crippen LogP contribution in [-0.4, -0.2) is 32.6 Å². The molecule has 0 fully saturated rings. The van der Waals surface area contributed by atoms with Crippen LogP contribution in [0.2, 0.25) is 0 Å². The average Bonchev–Trinajstić information content (AvgIpc) is 2.30. The zero-order valence-corrected chi connectivity index (χ0v) is 10.00. The Morgan fingerprint density at radius 2 is 2.28 bits per heavy atom. The molecule has 98 valence electrons. The van der Waals surface area contributed by atoms with E-state index in [9.17, 15) is 14.4 Å². The molecule has 1 amide bonds. The van der Waals surface area contributed by atoms with Crippen LogP contribution in [0.25, 0.3) is 0 Å². The molecule has 0 radical (unpaired) electrons. The first-order valence-corrected chi connectivity index (χ1v) is 5.55. The summed E-state index contributed by atoms with van der Waals surface area (Å²) >= 11 is 0. The summed E-state index contributed by atoms with van der Waals surface area (Å²) in [6.07, 6.45) is 3.17. The largest absolute Gasteiger partial charge is 0.481 e. The van der Waals surface area contributed by atoms with Crippen LogP contribution in [0.1, 0.15) is 19.8 Å². The van der Waals surface area contributed by atoms with E-state index in [2.05, 4.69) is 10.3 Å². The van der Waals surface area contributed by atoms with Crippen LogP contribution in [0.3, 0.4) is 0 Å². The number of hydrogen-bond acceptors (Lipinski definition) is 4. The SMILES string of the molecule is CCC(CC(=O)O)NC(=O)Cn1cccnc1=O. The molecule has 1 heterocycles. The molecule has 7 heteroatoms. The molecule has 0 aliphatic rings. The first-order chi connectivity index (χ1) is 8.52. The van der Waals surface area contributed by atoms with Crippen LogP contribution in [0, 0.1) is 0 Å². The number of amides is 1. The minimum absolute atomic E-state index is 0.135. The molecule has 0 saturated heterocycles. The number of rotatable bonds is 6. The normalized spacial score (nSPS) is 11.8. The number of carboxylic acids is 1. The number of carbonyl (C=O) groups excluding carboxylic acids is 1. The molecular formula is C11H15N3O4. The van der Waals surface area contributed by atoms with E-state index in [1.165, 1.54) is 12.4 Å². The van der Waals surface area contributed by atoms with Gasteiger partial charge in [-0.05, 0) is 12.5 Å². The average molecular weight is 253 g/mol. The summed E-state index contributed by atoms with van der Waals surface area (Å²) < 4.78 is 1.16. The van der Waals surface area contributed by atoms with Gasteiger partial charge >= 0.3 is 11.7 Å². The molecule has 1 atom stereocenters. The Morgan fingerprint density at radius 1 is 1.56 bits per heavy atom. The topological polar surface area (TPSA) is 101 Å². The Labute approximate surface area is 103 Å². The van der Waals surface area contributed by atoms with Crippen LogP contribution in [0.4, 0.5) is 0 Å². The number of hydrogen-bond donors (Lipinski definition) is 2. The molecule has 0 saturated carbocycles. The maximum absolute atomic E-state index is 11.6. The third-order valence-electron chi connectivity index (χ3n) is 2.38. The maximum atomic E-state index is 11.6.